The summed E-state index contributed by atoms with van der Waals surface area (Å²) in [7, 11) is 0. The van der Waals surface area contributed by atoms with Crippen LogP contribution in [0.5, 0.6) is 0 Å². The van der Waals surface area contributed by atoms with Crippen LogP contribution in [0.15, 0.2) is 18.2 Å². The zero-order valence-electron chi connectivity index (χ0n) is 12.5. The number of rotatable bonds is 3. The van der Waals surface area contributed by atoms with E-state index in [1.54, 1.807) is 25.1 Å². The van der Waals surface area contributed by atoms with Crippen molar-refractivity contribution in [1.29, 1.82) is 0 Å². The number of hydrogen-bond acceptors (Lipinski definition) is 2. The molecule has 4 heteroatoms. The minimum absolute atomic E-state index is 0.0689. The maximum atomic E-state index is 12.3. The Morgan fingerprint density at radius 1 is 1.10 bits per heavy atom. The highest BCUT2D eigenvalue weighted by Gasteiger charge is 2.19. The number of aryl methyl sites for hydroxylation is 1. The summed E-state index contributed by atoms with van der Waals surface area (Å²) >= 11 is 0. The van der Waals surface area contributed by atoms with E-state index in [1.807, 2.05) is 0 Å². The van der Waals surface area contributed by atoms with Crippen molar-refractivity contribution >= 4 is 17.6 Å². The lowest BCUT2D eigenvalue weighted by Crippen LogP contribution is -2.23. The number of carboxylic acids is 1. The fraction of sp³-hybridized carbons (Fsp3) is 0.529. The summed E-state index contributed by atoms with van der Waals surface area (Å²) in [6.07, 6.45) is 7.87. The van der Waals surface area contributed by atoms with Gasteiger partial charge in [-0.1, -0.05) is 32.1 Å². The van der Waals surface area contributed by atoms with Gasteiger partial charge in [-0.05, 0) is 43.5 Å². The Bertz CT molecular complexity index is 517. The summed E-state index contributed by atoms with van der Waals surface area (Å²) in [6, 6.07) is 4.94. The third-order valence-electron chi connectivity index (χ3n) is 4.20. The van der Waals surface area contributed by atoms with E-state index in [4.69, 9.17) is 5.11 Å². The van der Waals surface area contributed by atoms with Gasteiger partial charge in [0.1, 0.15) is 0 Å². The molecule has 1 fully saturated rings. The van der Waals surface area contributed by atoms with Crippen molar-refractivity contribution in [2.75, 3.05) is 5.32 Å². The number of anilines is 1. The minimum atomic E-state index is -0.939. The van der Waals surface area contributed by atoms with Gasteiger partial charge in [0.25, 0.3) is 0 Å². The normalized spacial score (nSPS) is 16.8. The molecule has 0 unspecified atom stereocenters. The molecule has 0 spiro atoms. The lowest BCUT2D eigenvalue weighted by atomic mass is 9.90. The number of carbonyl (C=O) groups is 2. The fourth-order valence-electron chi connectivity index (χ4n) is 2.94. The molecule has 1 amide bonds. The second-order valence-corrected chi connectivity index (χ2v) is 5.87. The van der Waals surface area contributed by atoms with Crippen LogP contribution in [-0.2, 0) is 4.79 Å². The predicted molar refractivity (Wildman–Crippen MR) is 82.6 cm³/mol. The molecule has 1 aliphatic carbocycles. The molecule has 0 aromatic heterocycles. The van der Waals surface area contributed by atoms with Gasteiger partial charge in [0.2, 0.25) is 5.91 Å². The largest absolute Gasteiger partial charge is 0.478 e. The molecule has 21 heavy (non-hydrogen) atoms. The predicted octanol–water partition coefficient (Wildman–Crippen LogP) is 3.99. The molecule has 2 rings (SSSR count). The molecule has 1 aromatic carbocycles. The molecule has 0 heterocycles. The lowest BCUT2D eigenvalue weighted by Gasteiger charge is -2.19. The van der Waals surface area contributed by atoms with Crippen molar-refractivity contribution in [1.82, 2.24) is 0 Å². The van der Waals surface area contributed by atoms with E-state index in [1.165, 1.54) is 19.3 Å². The summed E-state index contributed by atoms with van der Waals surface area (Å²) < 4.78 is 0. The van der Waals surface area contributed by atoms with Crippen LogP contribution in [0.1, 0.15) is 60.9 Å². The first kappa shape index (κ1) is 15.5. The van der Waals surface area contributed by atoms with E-state index in [-0.39, 0.29) is 17.4 Å². The first-order valence-electron chi connectivity index (χ1n) is 7.73. The number of hydrogen-bond donors (Lipinski definition) is 2. The smallest absolute Gasteiger partial charge is 0.335 e. The van der Waals surface area contributed by atoms with Gasteiger partial charge in [0.15, 0.2) is 0 Å². The maximum absolute atomic E-state index is 12.3. The Kier molecular flexibility index (Phi) is 5.37. The Morgan fingerprint density at radius 3 is 2.29 bits per heavy atom. The second-order valence-electron chi connectivity index (χ2n) is 5.87. The molecular weight excluding hydrogens is 266 g/mol. The molecule has 0 saturated heterocycles. The van der Waals surface area contributed by atoms with Gasteiger partial charge in [-0.25, -0.2) is 4.79 Å². The third-order valence-corrected chi connectivity index (χ3v) is 4.20. The number of benzene rings is 1. The van der Waals surface area contributed by atoms with Gasteiger partial charge in [-0.2, -0.15) is 0 Å². The SMILES string of the molecule is Cc1cc(NC(=O)C2CCCCCCC2)ccc1C(=O)O. The van der Waals surface area contributed by atoms with Crippen molar-refractivity contribution < 1.29 is 14.7 Å². The van der Waals surface area contributed by atoms with Gasteiger partial charge < -0.3 is 10.4 Å². The van der Waals surface area contributed by atoms with E-state index in [9.17, 15) is 9.59 Å². The van der Waals surface area contributed by atoms with E-state index in [0.29, 0.717) is 11.3 Å². The van der Waals surface area contributed by atoms with Gasteiger partial charge in [-0.15, -0.1) is 0 Å². The van der Waals surface area contributed by atoms with Crippen LogP contribution >= 0.6 is 0 Å². The standard InChI is InChI=1S/C17H23NO3/c1-12-11-14(9-10-15(12)17(20)21)18-16(19)13-7-5-3-2-4-6-8-13/h9-11,13H,2-8H2,1H3,(H,18,19)(H,20,21). The molecule has 1 aliphatic rings. The number of amides is 1. The first-order chi connectivity index (χ1) is 10.1. The van der Waals surface area contributed by atoms with Crippen molar-refractivity contribution in [3.05, 3.63) is 29.3 Å². The highest BCUT2D eigenvalue weighted by Crippen LogP contribution is 2.24. The molecule has 0 bridgehead atoms. The summed E-state index contributed by atoms with van der Waals surface area (Å²) in [5.41, 5.74) is 1.63. The molecule has 114 valence electrons. The Balaban J connectivity index is 2.01. The molecular formula is C17H23NO3. The van der Waals surface area contributed by atoms with E-state index >= 15 is 0 Å². The topological polar surface area (TPSA) is 66.4 Å². The number of nitrogens with one attached hydrogen (secondary N) is 1. The lowest BCUT2D eigenvalue weighted by molar-refractivity contribution is -0.120. The van der Waals surface area contributed by atoms with Gasteiger partial charge in [-0.3, -0.25) is 4.79 Å². The van der Waals surface area contributed by atoms with Crippen LogP contribution < -0.4 is 5.32 Å². The summed E-state index contributed by atoms with van der Waals surface area (Å²) in [5.74, 6) is -0.783. The molecule has 2 N–H and O–H groups in total. The van der Waals surface area contributed by atoms with Crippen LogP contribution in [-0.4, -0.2) is 17.0 Å². The molecule has 0 radical (unpaired) electrons. The van der Waals surface area contributed by atoms with E-state index in [0.717, 1.165) is 25.7 Å². The van der Waals surface area contributed by atoms with Crippen LogP contribution in [0.25, 0.3) is 0 Å². The van der Waals surface area contributed by atoms with Gasteiger partial charge in [0, 0.05) is 11.6 Å². The Morgan fingerprint density at radius 2 is 1.71 bits per heavy atom. The highest BCUT2D eigenvalue weighted by molar-refractivity contribution is 5.94. The first-order valence-corrected chi connectivity index (χ1v) is 7.73. The van der Waals surface area contributed by atoms with Crippen molar-refractivity contribution in [3.8, 4) is 0 Å². The van der Waals surface area contributed by atoms with Crippen LogP contribution in [0.3, 0.4) is 0 Å². The van der Waals surface area contributed by atoms with Crippen LogP contribution in [0, 0.1) is 12.8 Å². The minimum Gasteiger partial charge on any atom is -0.478 e. The highest BCUT2D eigenvalue weighted by atomic mass is 16.4. The van der Waals surface area contributed by atoms with Crippen molar-refractivity contribution in [2.45, 2.75) is 51.9 Å². The van der Waals surface area contributed by atoms with E-state index < -0.39 is 5.97 Å². The van der Waals surface area contributed by atoms with Crippen LogP contribution in [0.2, 0.25) is 0 Å². The third kappa shape index (κ3) is 4.31. The van der Waals surface area contributed by atoms with Gasteiger partial charge >= 0.3 is 5.97 Å². The molecule has 1 saturated carbocycles. The summed E-state index contributed by atoms with van der Waals surface area (Å²) in [5, 5.41) is 11.9. The zero-order chi connectivity index (χ0) is 15.2. The maximum Gasteiger partial charge on any atom is 0.335 e. The Labute approximate surface area is 125 Å². The molecule has 4 nitrogen and oxygen atoms in total. The number of carboxylic acid groups (broad SMARTS) is 1. The number of carbonyl (C=O) groups excluding carboxylic acids is 1. The van der Waals surface area contributed by atoms with Crippen molar-refractivity contribution in [3.63, 3.8) is 0 Å². The second kappa shape index (κ2) is 7.25. The van der Waals surface area contributed by atoms with Crippen LogP contribution in [0.4, 0.5) is 5.69 Å². The fourth-order valence-corrected chi connectivity index (χ4v) is 2.94. The molecule has 0 atom stereocenters. The Hall–Kier alpha value is -1.84. The number of aromatic carboxylic acids is 1. The molecule has 1 aromatic rings. The average molecular weight is 289 g/mol. The van der Waals surface area contributed by atoms with Crippen molar-refractivity contribution in [2.24, 2.45) is 5.92 Å². The monoisotopic (exact) mass is 289 g/mol. The summed E-state index contributed by atoms with van der Waals surface area (Å²) in [4.78, 5) is 23.3. The van der Waals surface area contributed by atoms with Gasteiger partial charge in [0.05, 0.1) is 5.56 Å². The average Bonchev–Trinajstić information content (AvgIpc) is 2.37. The zero-order valence-corrected chi connectivity index (χ0v) is 12.5. The van der Waals surface area contributed by atoms with E-state index in [2.05, 4.69) is 5.32 Å². The molecule has 0 aliphatic heterocycles. The quantitative estimate of drug-likeness (QED) is 0.884. The summed E-state index contributed by atoms with van der Waals surface area (Å²) in [6.45, 7) is 1.74.